The molecule has 0 spiro atoms. The molecule has 0 radical (unpaired) electrons. The van der Waals surface area contributed by atoms with Crippen molar-refractivity contribution >= 4 is 38.9 Å². The van der Waals surface area contributed by atoms with Crippen molar-refractivity contribution in [2.75, 3.05) is 4.90 Å². The van der Waals surface area contributed by atoms with E-state index in [-0.39, 0.29) is 5.41 Å². The molecule has 9 rings (SSSR count). The molecule has 0 aliphatic heterocycles. The summed E-state index contributed by atoms with van der Waals surface area (Å²) in [6, 6.07) is 61.8. The van der Waals surface area contributed by atoms with Crippen LogP contribution in [0.5, 0.6) is 0 Å². The molecular weight excluding hydrogens is 569 g/mol. The van der Waals surface area contributed by atoms with Gasteiger partial charge in [-0.3, -0.25) is 0 Å². The summed E-state index contributed by atoms with van der Waals surface area (Å²) in [5, 5.41) is 2.51. The van der Waals surface area contributed by atoms with E-state index < -0.39 is 0 Å². The highest BCUT2D eigenvalue weighted by Crippen LogP contribution is 2.49. The van der Waals surface area contributed by atoms with Crippen molar-refractivity contribution < 1.29 is 0 Å². The van der Waals surface area contributed by atoms with Gasteiger partial charge < -0.3 is 9.47 Å². The summed E-state index contributed by atoms with van der Waals surface area (Å²) in [4.78, 5) is 2.36. The Kier molecular flexibility index (Phi) is 6.20. The van der Waals surface area contributed by atoms with Crippen molar-refractivity contribution in [3.8, 4) is 27.9 Å². The van der Waals surface area contributed by atoms with E-state index in [2.05, 4.69) is 193 Å². The zero-order chi connectivity index (χ0) is 31.5. The highest BCUT2D eigenvalue weighted by Gasteiger charge is 2.35. The third-order valence-electron chi connectivity index (χ3n) is 9.99. The molecule has 0 amide bonds. The predicted octanol–water partition coefficient (Wildman–Crippen LogP) is 12.2. The van der Waals surface area contributed by atoms with E-state index in [4.69, 9.17) is 0 Å². The molecule has 8 aromatic rings. The summed E-state index contributed by atoms with van der Waals surface area (Å²) < 4.78 is 2.45. The number of rotatable bonds is 5. The molecule has 2 nitrogen and oxygen atoms in total. The average molecular weight is 603 g/mol. The minimum Gasteiger partial charge on any atom is -0.310 e. The fourth-order valence-electron chi connectivity index (χ4n) is 7.67. The van der Waals surface area contributed by atoms with Gasteiger partial charge in [-0.15, -0.1) is 0 Å². The van der Waals surface area contributed by atoms with Gasteiger partial charge in [-0.1, -0.05) is 129 Å². The van der Waals surface area contributed by atoms with E-state index in [1.165, 1.54) is 60.9 Å². The van der Waals surface area contributed by atoms with E-state index in [1.807, 2.05) is 0 Å². The van der Waals surface area contributed by atoms with E-state index >= 15 is 0 Å². The minimum atomic E-state index is -0.0676. The quantitative estimate of drug-likeness (QED) is 0.190. The Bertz CT molecular complexity index is 2420. The van der Waals surface area contributed by atoms with Crippen LogP contribution in [0.15, 0.2) is 170 Å². The van der Waals surface area contributed by atoms with E-state index in [0.717, 1.165) is 17.1 Å². The second kappa shape index (κ2) is 10.6. The maximum absolute atomic E-state index is 2.45. The van der Waals surface area contributed by atoms with E-state index in [0.29, 0.717) is 0 Å². The first-order valence-corrected chi connectivity index (χ1v) is 16.4. The van der Waals surface area contributed by atoms with Gasteiger partial charge in [-0.05, 0) is 88.0 Å². The van der Waals surface area contributed by atoms with Gasteiger partial charge in [0.2, 0.25) is 0 Å². The number of hydrogen-bond acceptors (Lipinski definition) is 1. The largest absolute Gasteiger partial charge is 0.310 e. The average Bonchev–Trinajstić information content (AvgIpc) is 3.57. The summed E-state index contributed by atoms with van der Waals surface area (Å²) >= 11 is 0. The molecule has 1 heterocycles. The normalized spacial score (nSPS) is 13.1. The van der Waals surface area contributed by atoms with Gasteiger partial charge >= 0.3 is 0 Å². The lowest BCUT2D eigenvalue weighted by molar-refractivity contribution is 0.660. The molecule has 0 bridgehead atoms. The van der Waals surface area contributed by atoms with Gasteiger partial charge in [-0.25, -0.2) is 0 Å². The Morgan fingerprint density at radius 3 is 1.83 bits per heavy atom. The van der Waals surface area contributed by atoms with Crippen molar-refractivity contribution in [1.29, 1.82) is 0 Å². The molecule has 1 aromatic heterocycles. The Hall–Kier alpha value is -5.86. The van der Waals surface area contributed by atoms with E-state index in [1.54, 1.807) is 0 Å². The first-order valence-electron chi connectivity index (χ1n) is 16.4. The summed E-state index contributed by atoms with van der Waals surface area (Å²) in [7, 11) is 0. The first-order chi connectivity index (χ1) is 23.1. The van der Waals surface area contributed by atoms with Crippen molar-refractivity contribution in [1.82, 2.24) is 4.57 Å². The molecule has 0 saturated heterocycles. The summed E-state index contributed by atoms with van der Waals surface area (Å²) in [6.45, 7) is 4.71. The number of nitrogens with zero attached hydrogens (tertiary/aromatic N) is 2. The molecule has 0 unspecified atom stereocenters. The molecule has 47 heavy (non-hydrogen) atoms. The predicted molar refractivity (Wildman–Crippen MR) is 198 cm³/mol. The second-order valence-electron chi connectivity index (χ2n) is 13.0. The molecular formula is C45H34N2. The van der Waals surface area contributed by atoms with Crippen LogP contribution < -0.4 is 4.90 Å². The van der Waals surface area contributed by atoms with Gasteiger partial charge in [0.25, 0.3) is 0 Å². The Morgan fingerprint density at radius 1 is 0.426 bits per heavy atom. The highest BCUT2D eigenvalue weighted by atomic mass is 15.1. The monoisotopic (exact) mass is 602 g/mol. The maximum atomic E-state index is 2.45. The molecule has 1 aliphatic carbocycles. The molecule has 0 saturated carbocycles. The molecule has 0 fully saturated rings. The lowest BCUT2D eigenvalue weighted by Crippen LogP contribution is -2.15. The zero-order valence-corrected chi connectivity index (χ0v) is 26.6. The number of anilines is 3. The SMILES string of the molecule is CC1(C)c2ccccc2-c2ccc(-n3c4ccccc4c4ccc(N(c5ccccc5)c5ccc(-c6ccccc6)cc5)cc43)cc21. The van der Waals surface area contributed by atoms with Crippen LogP contribution in [-0.2, 0) is 5.41 Å². The molecule has 0 atom stereocenters. The van der Waals surface area contributed by atoms with Crippen LogP contribution in [0.25, 0.3) is 49.7 Å². The number of aromatic nitrogens is 1. The van der Waals surface area contributed by atoms with Crippen LogP contribution in [0.1, 0.15) is 25.0 Å². The van der Waals surface area contributed by atoms with Crippen LogP contribution in [0.4, 0.5) is 17.1 Å². The van der Waals surface area contributed by atoms with Crippen molar-refractivity contribution in [3.05, 3.63) is 181 Å². The summed E-state index contributed by atoms with van der Waals surface area (Å²) in [5.41, 5.74) is 14.8. The molecule has 7 aromatic carbocycles. The second-order valence-corrected chi connectivity index (χ2v) is 13.0. The first kappa shape index (κ1) is 27.5. The third kappa shape index (κ3) is 4.33. The van der Waals surface area contributed by atoms with Crippen LogP contribution in [0.2, 0.25) is 0 Å². The minimum absolute atomic E-state index is 0.0676. The number of para-hydroxylation sites is 2. The molecule has 224 valence electrons. The topological polar surface area (TPSA) is 8.17 Å². The van der Waals surface area contributed by atoms with Gasteiger partial charge in [0.15, 0.2) is 0 Å². The van der Waals surface area contributed by atoms with Gasteiger partial charge in [0, 0.05) is 38.9 Å². The fraction of sp³-hybridized carbons (Fsp3) is 0.0667. The number of benzene rings is 7. The Balaban J connectivity index is 1.23. The lowest BCUT2D eigenvalue weighted by atomic mass is 9.82. The lowest BCUT2D eigenvalue weighted by Gasteiger charge is -2.26. The standard InChI is InChI=1S/C45H34N2/c1-45(2)41-19-11-9-17-37(41)38-27-25-35(29-42(38)45)47-43-20-12-10-18-39(43)40-28-26-36(30-44(40)47)46(33-15-7-4-8-16-33)34-23-21-32(22-24-34)31-13-5-3-6-14-31/h3-30H,1-2H3. The molecule has 0 N–H and O–H groups in total. The number of hydrogen-bond donors (Lipinski definition) is 0. The highest BCUT2D eigenvalue weighted by molar-refractivity contribution is 6.10. The third-order valence-corrected chi connectivity index (χ3v) is 9.99. The zero-order valence-electron chi connectivity index (χ0n) is 26.6. The Morgan fingerprint density at radius 2 is 1.02 bits per heavy atom. The van der Waals surface area contributed by atoms with Crippen molar-refractivity contribution in [2.45, 2.75) is 19.3 Å². The van der Waals surface area contributed by atoms with E-state index in [9.17, 15) is 0 Å². The van der Waals surface area contributed by atoms with Gasteiger partial charge in [0.1, 0.15) is 0 Å². The Labute approximate surface area is 275 Å². The van der Waals surface area contributed by atoms with Crippen LogP contribution >= 0.6 is 0 Å². The summed E-state index contributed by atoms with van der Waals surface area (Å²) in [5.74, 6) is 0. The van der Waals surface area contributed by atoms with Gasteiger partial charge in [-0.2, -0.15) is 0 Å². The maximum Gasteiger partial charge on any atom is 0.0561 e. The van der Waals surface area contributed by atoms with Crippen LogP contribution in [0.3, 0.4) is 0 Å². The fourth-order valence-corrected chi connectivity index (χ4v) is 7.67. The summed E-state index contributed by atoms with van der Waals surface area (Å²) in [6.07, 6.45) is 0. The van der Waals surface area contributed by atoms with Gasteiger partial charge in [0.05, 0.1) is 11.0 Å². The molecule has 1 aliphatic rings. The smallest absolute Gasteiger partial charge is 0.0561 e. The number of fused-ring (bicyclic) bond motifs is 6. The van der Waals surface area contributed by atoms with Crippen LogP contribution in [0, 0.1) is 0 Å². The van der Waals surface area contributed by atoms with Crippen LogP contribution in [-0.4, -0.2) is 4.57 Å². The van der Waals surface area contributed by atoms with Crippen molar-refractivity contribution in [3.63, 3.8) is 0 Å². The molecule has 2 heteroatoms. The van der Waals surface area contributed by atoms with Crippen molar-refractivity contribution in [2.24, 2.45) is 0 Å².